The van der Waals surface area contributed by atoms with Gasteiger partial charge in [0, 0.05) is 31.4 Å². The molecule has 0 atom stereocenters. The molecule has 9 nitrogen and oxygen atoms in total. The van der Waals surface area contributed by atoms with Crippen molar-refractivity contribution in [2.75, 3.05) is 32.1 Å². The smallest absolute Gasteiger partial charge is 0.291 e. The minimum Gasteiger partial charge on any atom is -0.494 e. The molecule has 0 bridgehead atoms. The Morgan fingerprint density at radius 3 is 2.60 bits per heavy atom. The van der Waals surface area contributed by atoms with Crippen LogP contribution in [-0.4, -0.2) is 53.2 Å². The molecule has 35 heavy (non-hydrogen) atoms. The summed E-state index contributed by atoms with van der Waals surface area (Å²) in [7, 11) is 2.72. The molecule has 1 heterocycles. The molecule has 0 fully saturated rings. The third-order valence-electron chi connectivity index (χ3n) is 5.07. The molecule has 0 saturated heterocycles. The van der Waals surface area contributed by atoms with Crippen LogP contribution in [0.5, 0.6) is 5.75 Å². The zero-order valence-electron chi connectivity index (χ0n) is 19.3. The van der Waals surface area contributed by atoms with Gasteiger partial charge < -0.3 is 20.4 Å². The molecular weight excluding hydrogens is 484 g/mol. The average molecular weight is 508 g/mol. The Labute approximate surface area is 205 Å². The number of hydrogen-bond donors (Lipinski definition) is 2. The fourth-order valence-corrected chi connectivity index (χ4v) is 3.56. The number of imidazole rings is 1. The Morgan fingerprint density at radius 1 is 1.23 bits per heavy atom. The number of carbonyl (C=O) groups is 2. The van der Waals surface area contributed by atoms with Crippen LogP contribution >= 0.6 is 11.6 Å². The number of rotatable bonds is 9. The second-order valence-corrected chi connectivity index (χ2v) is 7.65. The molecule has 3 N–H and O–H groups in total. The highest BCUT2D eigenvalue weighted by atomic mass is 35.5. The van der Waals surface area contributed by atoms with Gasteiger partial charge in [0.05, 0.1) is 36.2 Å². The monoisotopic (exact) mass is 507 g/mol. The molecule has 3 rings (SSSR count). The first-order valence-corrected chi connectivity index (χ1v) is 10.9. The second kappa shape index (κ2) is 11.3. The number of carbonyl (C=O) groups excluding carboxylic acids is 2. The Kier molecular flexibility index (Phi) is 8.39. The van der Waals surface area contributed by atoms with Crippen molar-refractivity contribution >= 4 is 29.1 Å². The molecule has 0 unspecified atom stereocenters. The van der Waals surface area contributed by atoms with Crippen LogP contribution in [0.15, 0.2) is 36.5 Å². The van der Waals surface area contributed by atoms with Crippen molar-refractivity contribution in [3.63, 3.8) is 0 Å². The van der Waals surface area contributed by atoms with Crippen molar-refractivity contribution in [1.82, 2.24) is 14.6 Å². The fraction of sp³-hybridized carbons (Fsp3) is 0.261. The normalized spacial score (nSPS) is 10.8. The maximum Gasteiger partial charge on any atom is 0.291 e. The minimum absolute atomic E-state index is 0.0563. The third-order valence-corrected chi connectivity index (χ3v) is 5.38. The Bertz CT molecular complexity index is 1250. The van der Waals surface area contributed by atoms with Gasteiger partial charge in [-0.15, -0.1) is 0 Å². The van der Waals surface area contributed by atoms with E-state index in [1.807, 2.05) is 0 Å². The van der Waals surface area contributed by atoms with Crippen LogP contribution in [0, 0.1) is 11.6 Å². The molecular formula is C23H24ClF2N5O4. The van der Waals surface area contributed by atoms with Crippen molar-refractivity contribution in [3.8, 4) is 17.0 Å². The number of nitrogens with two attached hydrogens (primary N) is 1. The highest BCUT2D eigenvalue weighted by molar-refractivity contribution is 6.34. The minimum atomic E-state index is -1.14. The van der Waals surface area contributed by atoms with Crippen LogP contribution in [0.3, 0.4) is 0 Å². The van der Waals surface area contributed by atoms with E-state index in [1.54, 1.807) is 6.92 Å². The van der Waals surface area contributed by atoms with Gasteiger partial charge in [-0.05, 0) is 37.3 Å². The number of hydrogen-bond acceptors (Lipinski definition) is 6. The van der Waals surface area contributed by atoms with Crippen molar-refractivity contribution in [2.24, 2.45) is 12.8 Å². The predicted molar refractivity (Wildman–Crippen MR) is 126 cm³/mol. The highest BCUT2D eigenvalue weighted by Gasteiger charge is 2.22. The third kappa shape index (κ3) is 5.42. The molecule has 0 aliphatic carbocycles. The summed E-state index contributed by atoms with van der Waals surface area (Å²) in [6.45, 7) is 2.44. The van der Waals surface area contributed by atoms with E-state index < -0.39 is 23.4 Å². The predicted octanol–water partition coefficient (Wildman–Crippen LogP) is 3.63. The zero-order valence-corrected chi connectivity index (χ0v) is 20.0. The molecule has 1 aromatic heterocycles. The summed E-state index contributed by atoms with van der Waals surface area (Å²) < 4.78 is 34.7. The lowest BCUT2D eigenvalue weighted by atomic mass is 10.1. The number of amides is 2. The molecule has 0 aliphatic rings. The SMILES string of the molecule is CCN(OCCN)C(=O)c1ccc(NC(=O)c2ncc(-c3ccc(OC)c(F)c3F)n2C)cc1Cl. The first kappa shape index (κ1) is 26.1. The van der Waals surface area contributed by atoms with E-state index in [0.717, 1.165) is 5.06 Å². The van der Waals surface area contributed by atoms with Crippen molar-refractivity contribution < 1.29 is 27.9 Å². The average Bonchev–Trinajstić information content (AvgIpc) is 3.22. The number of anilines is 1. The summed E-state index contributed by atoms with van der Waals surface area (Å²) in [6, 6.07) is 6.98. The number of hydroxylamine groups is 2. The van der Waals surface area contributed by atoms with E-state index in [9.17, 15) is 18.4 Å². The summed E-state index contributed by atoms with van der Waals surface area (Å²) in [5.74, 6) is -3.63. The maximum absolute atomic E-state index is 14.5. The molecule has 0 radical (unpaired) electrons. The largest absolute Gasteiger partial charge is 0.494 e. The van der Waals surface area contributed by atoms with E-state index in [0.29, 0.717) is 5.69 Å². The van der Waals surface area contributed by atoms with Gasteiger partial charge >= 0.3 is 0 Å². The van der Waals surface area contributed by atoms with Crippen LogP contribution in [0.4, 0.5) is 14.5 Å². The first-order valence-electron chi connectivity index (χ1n) is 10.5. The molecule has 0 spiro atoms. The lowest BCUT2D eigenvalue weighted by Crippen LogP contribution is -2.33. The van der Waals surface area contributed by atoms with Crippen LogP contribution in [0.2, 0.25) is 5.02 Å². The number of methoxy groups -OCH3 is 1. The molecule has 12 heteroatoms. The quantitative estimate of drug-likeness (QED) is 0.428. The lowest BCUT2D eigenvalue weighted by Gasteiger charge is -2.20. The van der Waals surface area contributed by atoms with Crippen molar-refractivity contribution in [3.05, 3.63) is 64.6 Å². The second-order valence-electron chi connectivity index (χ2n) is 7.24. The van der Waals surface area contributed by atoms with Gasteiger partial charge in [0.15, 0.2) is 17.4 Å². The fourth-order valence-electron chi connectivity index (χ4n) is 3.30. The van der Waals surface area contributed by atoms with Gasteiger partial charge in [0.1, 0.15) is 0 Å². The zero-order chi connectivity index (χ0) is 25.7. The van der Waals surface area contributed by atoms with Gasteiger partial charge in [-0.25, -0.2) is 14.4 Å². The van der Waals surface area contributed by atoms with E-state index >= 15 is 0 Å². The maximum atomic E-state index is 14.5. The van der Waals surface area contributed by atoms with E-state index in [-0.39, 0.29) is 53.1 Å². The topological polar surface area (TPSA) is 112 Å². The van der Waals surface area contributed by atoms with Crippen LogP contribution < -0.4 is 15.8 Å². The van der Waals surface area contributed by atoms with Gasteiger partial charge in [0.25, 0.3) is 11.8 Å². The standard InChI is InChI=1S/C23H24ClF2N5O4/c1-4-31(35-10-9-27)23(33)14-6-5-13(11-16(14)24)29-22(32)21-28-12-17(30(21)2)15-7-8-18(34-3)20(26)19(15)25/h5-8,11-12H,4,9-10,27H2,1-3H3,(H,29,32). The van der Waals surface area contributed by atoms with Gasteiger partial charge in [0.2, 0.25) is 5.82 Å². The molecule has 2 amide bonds. The van der Waals surface area contributed by atoms with E-state index in [1.165, 1.54) is 55.3 Å². The number of nitrogens with one attached hydrogen (secondary N) is 1. The van der Waals surface area contributed by atoms with Crippen molar-refractivity contribution in [1.29, 1.82) is 0 Å². The summed E-state index contributed by atoms with van der Waals surface area (Å²) >= 11 is 6.27. The summed E-state index contributed by atoms with van der Waals surface area (Å²) in [6.07, 6.45) is 1.26. The lowest BCUT2D eigenvalue weighted by molar-refractivity contribution is -0.117. The number of nitrogens with zero attached hydrogens (tertiary/aromatic N) is 3. The van der Waals surface area contributed by atoms with E-state index in [4.69, 9.17) is 26.9 Å². The van der Waals surface area contributed by atoms with Crippen LogP contribution in [-0.2, 0) is 11.9 Å². The van der Waals surface area contributed by atoms with Crippen LogP contribution in [0.25, 0.3) is 11.3 Å². The van der Waals surface area contributed by atoms with Crippen molar-refractivity contribution in [2.45, 2.75) is 6.92 Å². The molecule has 0 aliphatic heterocycles. The Morgan fingerprint density at radius 2 is 1.97 bits per heavy atom. The molecule has 0 saturated carbocycles. The number of benzene rings is 2. The Hall–Kier alpha value is -3.54. The number of aromatic nitrogens is 2. The Balaban J connectivity index is 1.80. The van der Waals surface area contributed by atoms with Gasteiger partial charge in [-0.2, -0.15) is 4.39 Å². The number of ether oxygens (including phenoxy) is 1. The van der Waals surface area contributed by atoms with Crippen LogP contribution in [0.1, 0.15) is 27.9 Å². The number of halogens is 3. The highest BCUT2D eigenvalue weighted by Crippen LogP contribution is 2.30. The van der Waals surface area contributed by atoms with Gasteiger partial charge in [-0.3, -0.25) is 14.4 Å². The van der Waals surface area contributed by atoms with Gasteiger partial charge in [-0.1, -0.05) is 11.6 Å². The summed E-state index contributed by atoms with van der Waals surface area (Å²) in [5, 5.41) is 3.86. The molecule has 2 aromatic carbocycles. The summed E-state index contributed by atoms with van der Waals surface area (Å²) in [4.78, 5) is 34.8. The van der Waals surface area contributed by atoms with E-state index in [2.05, 4.69) is 10.3 Å². The first-order chi connectivity index (χ1) is 16.7. The molecule has 3 aromatic rings. The molecule has 186 valence electrons. The summed E-state index contributed by atoms with van der Waals surface area (Å²) in [5.41, 5.74) is 5.99.